The first-order valence-electron chi connectivity index (χ1n) is 5.34. The zero-order valence-electron chi connectivity index (χ0n) is 9.59. The van der Waals surface area contributed by atoms with Crippen molar-refractivity contribution in [2.45, 2.75) is 25.1 Å². The molecular weight excluding hydrogens is 251 g/mol. The summed E-state index contributed by atoms with van der Waals surface area (Å²) in [6.07, 6.45) is -2.85. The minimum absolute atomic E-state index is 0.120. The van der Waals surface area contributed by atoms with Gasteiger partial charge in [-0.25, -0.2) is 0 Å². The first-order chi connectivity index (χ1) is 8.01. The molecule has 1 unspecified atom stereocenters. The number of likely N-dealkylation sites (N-methyl/N-ethyl adjacent to an activating group) is 1. The van der Waals surface area contributed by atoms with Crippen molar-refractivity contribution in [3.63, 3.8) is 0 Å². The molecule has 17 heavy (non-hydrogen) atoms. The molecule has 6 heteroatoms. The molecule has 1 heterocycles. The van der Waals surface area contributed by atoms with Gasteiger partial charge in [0.05, 0.1) is 0 Å². The molecule has 0 saturated heterocycles. The molecule has 0 bridgehead atoms. The van der Waals surface area contributed by atoms with Crippen LogP contribution in [0, 0.1) is 0 Å². The van der Waals surface area contributed by atoms with Crippen molar-refractivity contribution in [1.29, 1.82) is 0 Å². The number of rotatable bonds is 7. The number of halogens is 3. The summed E-state index contributed by atoms with van der Waals surface area (Å²) >= 11 is 1.62. The van der Waals surface area contributed by atoms with Crippen LogP contribution in [0.2, 0.25) is 0 Å². The number of hydrogen-bond acceptors (Lipinski definition) is 3. The van der Waals surface area contributed by atoms with Crippen molar-refractivity contribution in [3.05, 3.63) is 22.4 Å². The van der Waals surface area contributed by atoms with E-state index < -0.39 is 12.8 Å². The van der Waals surface area contributed by atoms with Crippen LogP contribution >= 0.6 is 11.3 Å². The Morgan fingerprint density at radius 1 is 1.47 bits per heavy atom. The normalized spacial score (nSPS) is 13.9. The lowest BCUT2D eigenvalue weighted by Crippen LogP contribution is -2.29. The molecule has 1 aromatic rings. The number of ether oxygens (including phenoxy) is 1. The van der Waals surface area contributed by atoms with Crippen LogP contribution in [0.1, 0.15) is 12.0 Å². The number of hydrogen-bond donors (Lipinski definition) is 1. The fraction of sp³-hybridized carbons (Fsp3) is 0.636. The Morgan fingerprint density at radius 3 is 2.76 bits per heavy atom. The van der Waals surface area contributed by atoms with E-state index in [0.717, 1.165) is 6.42 Å². The molecule has 1 N–H and O–H groups in total. The van der Waals surface area contributed by atoms with Gasteiger partial charge in [-0.3, -0.25) is 0 Å². The van der Waals surface area contributed by atoms with Gasteiger partial charge in [0, 0.05) is 12.6 Å². The fourth-order valence-corrected chi connectivity index (χ4v) is 2.14. The summed E-state index contributed by atoms with van der Waals surface area (Å²) in [5.74, 6) is 0. The third-order valence-electron chi connectivity index (χ3n) is 2.35. The highest BCUT2D eigenvalue weighted by Gasteiger charge is 2.27. The minimum Gasteiger partial charge on any atom is -0.372 e. The minimum atomic E-state index is -4.23. The smallest absolute Gasteiger partial charge is 0.372 e. The second-order valence-electron chi connectivity index (χ2n) is 3.78. The summed E-state index contributed by atoms with van der Waals surface area (Å²) in [6.45, 7) is -1.04. The molecule has 0 aromatic carbocycles. The molecule has 0 aliphatic carbocycles. The molecule has 1 atom stereocenters. The van der Waals surface area contributed by atoms with Crippen molar-refractivity contribution in [3.8, 4) is 0 Å². The van der Waals surface area contributed by atoms with Crippen LogP contribution in [-0.2, 0) is 11.2 Å². The van der Waals surface area contributed by atoms with Crippen LogP contribution in [0.5, 0.6) is 0 Å². The topological polar surface area (TPSA) is 21.3 Å². The molecule has 0 radical (unpaired) electrons. The molecule has 1 rings (SSSR count). The SMILES string of the molecule is CNC(CCOCC(F)(F)F)Cc1ccsc1. The van der Waals surface area contributed by atoms with Crippen molar-refractivity contribution < 1.29 is 17.9 Å². The van der Waals surface area contributed by atoms with Crippen LogP contribution in [0.15, 0.2) is 16.8 Å². The van der Waals surface area contributed by atoms with E-state index in [1.54, 1.807) is 18.4 Å². The van der Waals surface area contributed by atoms with Gasteiger partial charge in [-0.2, -0.15) is 24.5 Å². The quantitative estimate of drug-likeness (QED) is 0.767. The average molecular weight is 267 g/mol. The summed E-state index contributed by atoms with van der Waals surface area (Å²) in [5.41, 5.74) is 1.20. The summed E-state index contributed by atoms with van der Waals surface area (Å²) in [7, 11) is 1.81. The van der Waals surface area contributed by atoms with Crippen LogP contribution < -0.4 is 5.32 Å². The lowest BCUT2D eigenvalue weighted by molar-refractivity contribution is -0.174. The van der Waals surface area contributed by atoms with Gasteiger partial charge in [-0.05, 0) is 42.3 Å². The summed E-state index contributed by atoms with van der Waals surface area (Å²) in [4.78, 5) is 0. The maximum Gasteiger partial charge on any atom is 0.411 e. The maximum absolute atomic E-state index is 11.8. The second kappa shape index (κ2) is 6.98. The lowest BCUT2D eigenvalue weighted by atomic mass is 10.1. The molecule has 98 valence electrons. The van der Waals surface area contributed by atoms with Gasteiger partial charge in [-0.1, -0.05) is 0 Å². The van der Waals surface area contributed by atoms with E-state index >= 15 is 0 Å². The van der Waals surface area contributed by atoms with E-state index in [0.29, 0.717) is 6.42 Å². The van der Waals surface area contributed by atoms with E-state index in [-0.39, 0.29) is 12.6 Å². The van der Waals surface area contributed by atoms with E-state index in [9.17, 15) is 13.2 Å². The molecule has 0 aliphatic heterocycles. The molecule has 2 nitrogen and oxygen atoms in total. The number of thiophene rings is 1. The van der Waals surface area contributed by atoms with Gasteiger partial charge < -0.3 is 10.1 Å². The van der Waals surface area contributed by atoms with Gasteiger partial charge in [0.1, 0.15) is 6.61 Å². The first kappa shape index (κ1) is 14.5. The van der Waals surface area contributed by atoms with Gasteiger partial charge in [0.2, 0.25) is 0 Å². The van der Waals surface area contributed by atoms with Crippen LogP contribution in [0.4, 0.5) is 13.2 Å². The largest absolute Gasteiger partial charge is 0.411 e. The summed E-state index contributed by atoms with van der Waals surface area (Å²) < 4.78 is 40.1. The highest BCUT2D eigenvalue weighted by Crippen LogP contribution is 2.15. The predicted molar refractivity (Wildman–Crippen MR) is 62.4 cm³/mol. The molecule has 0 fully saturated rings. The Kier molecular flexibility index (Phi) is 5.94. The Balaban J connectivity index is 2.19. The molecule has 0 saturated carbocycles. The van der Waals surface area contributed by atoms with Gasteiger partial charge in [0.25, 0.3) is 0 Å². The van der Waals surface area contributed by atoms with Crippen molar-refractivity contribution in [2.75, 3.05) is 20.3 Å². The zero-order valence-corrected chi connectivity index (χ0v) is 10.4. The molecule has 0 spiro atoms. The summed E-state index contributed by atoms with van der Waals surface area (Å²) in [5, 5.41) is 7.11. The van der Waals surface area contributed by atoms with E-state index in [4.69, 9.17) is 0 Å². The Morgan fingerprint density at radius 2 is 2.24 bits per heavy atom. The molecule has 0 aliphatic rings. The zero-order chi connectivity index (χ0) is 12.7. The standard InChI is InChI=1S/C11H16F3NOS/c1-15-10(6-9-3-5-17-7-9)2-4-16-8-11(12,13)14/h3,5,7,10,15H,2,4,6,8H2,1H3. The number of nitrogens with one attached hydrogen (secondary N) is 1. The van der Waals surface area contributed by atoms with Crippen molar-refractivity contribution in [2.24, 2.45) is 0 Å². The van der Waals surface area contributed by atoms with Crippen LogP contribution in [0.3, 0.4) is 0 Å². The van der Waals surface area contributed by atoms with Gasteiger partial charge >= 0.3 is 6.18 Å². The monoisotopic (exact) mass is 267 g/mol. The Bertz CT molecular complexity index is 300. The van der Waals surface area contributed by atoms with E-state index in [1.807, 2.05) is 16.8 Å². The predicted octanol–water partition coefficient (Wildman–Crippen LogP) is 2.85. The van der Waals surface area contributed by atoms with Crippen molar-refractivity contribution in [1.82, 2.24) is 5.32 Å². The first-order valence-corrected chi connectivity index (χ1v) is 6.28. The molecule has 0 amide bonds. The molecular formula is C11H16F3NOS. The van der Waals surface area contributed by atoms with E-state index in [2.05, 4.69) is 10.1 Å². The molecule has 1 aromatic heterocycles. The highest BCUT2D eigenvalue weighted by atomic mass is 32.1. The Labute approximate surface area is 103 Å². The van der Waals surface area contributed by atoms with Gasteiger partial charge in [-0.15, -0.1) is 0 Å². The van der Waals surface area contributed by atoms with Crippen molar-refractivity contribution >= 4 is 11.3 Å². The number of alkyl halides is 3. The van der Waals surface area contributed by atoms with Gasteiger partial charge in [0.15, 0.2) is 0 Å². The fourth-order valence-electron chi connectivity index (χ4n) is 1.46. The van der Waals surface area contributed by atoms with Crippen LogP contribution in [-0.4, -0.2) is 32.5 Å². The third-order valence-corrected chi connectivity index (χ3v) is 3.08. The Hall–Kier alpha value is -0.590. The summed E-state index contributed by atoms with van der Waals surface area (Å²) in [6, 6.07) is 2.17. The van der Waals surface area contributed by atoms with E-state index in [1.165, 1.54) is 5.56 Å². The maximum atomic E-state index is 11.8. The average Bonchev–Trinajstić information content (AvgIpc) is 2.73. The lowest BCUT2D eigenvalue weighted by Gasteiger charge is -2.16. The van der Waals surface area contributed by atoms with Crippen LogP contribution in [0.25, 0.3) is 0 Å². The second-order valence-corrected chi connectivity index (χ2v) is 4.56. The third kappa shape index (κ3) is 6.65. The highest BCUT2D eigenvalue weighted by molar-refractivity contribution is 7.07.